The Morgan fingerprint density at radius 1 is 1.25 bits per heavy atom. The highest BCUT2D eigenvalue weighted by Crippen LogP contribution is 2.63. The topological polar surface area (TPSA) is 26.0 Å². The zero-order valence-electron chi connectivity index (χ0n) is 9.67. The number of fused-ring (bicyclic) bond motifs is 1. The number of rotatable bonds is 1. The highest BCUT2D eigenvalue weighted by Gasteiger charge is 2.63. The third-order valence-corrected chi connectivity index (χ3v) is 5.03. The Kier molecular flexibility index (Phi) is 2.41. The Labute approximate surface area is 106 Å². The lowest BCUT2D eigenvalue weighted by Crippen LogP contribution is -2.25. The van der Waals surface area contributed by atoms with Gasteiger partial charge in [0.15, 0.2) is 0 Å². The highest BCUT2D eigenvalue weighted by molar-refractivity contribution is 9.10. The van der Waals surface area contributed by atoms with E-state index in [1.165, 1.54) is 36.8 Å². The van der Waals surface area contributed by atoms with Crippen LogP contribution in [0, 0.1) is 18.8 Å². The van der Waals surface area contributed by atoms with Gasteiger partial charge in [-0.2, -0.15) is 0 Å². The Morgan fingerprint density at radius 3 is 2.44 bits per heavy atom. The summed E-state index contributed by atoms with van der Waals surface area (Å²) in [5.74, 6) is 1.50. The van der Waals surface area contributed by atoms with Crippen molar-refractivity contribution >= 4 is 15.9 Å². The first-order valence-electron chi connectivity index (χ1n) is 6.19. The molecule has 2 saturated carbocycles. The molecule has 0 bridgehead atoms. The number of benzene rings is 1. The van der Waals surface area contributed by atoms with Crippen molar-refractivity contribution < 1.29 is 0 Å². The molecule has 0 aliphatic heterocycles. The summed E-state index contributed by atoms with van der Waals surface area (Å²) in [5, 5.41) is 0. The van der Waals surface area contributed by atoms with Gasteiger partial charge in [0.1, 0.15) is 0 Å². The van der Waals surface area contributed by atoms with Crippen LogP contribution >= 0.6 is 15.9 Å². The maximum absolute atomic E-state index is 6.65. The Hall–Kier alpha value is -0.340. The summed E-state index contributed by atoms with van der Waals surface area (Å²) < 4.78 is 1.15. The molecule has 0 heterocycles. The smallest absolute Gasteiger partial charge is 0.0476 e. The molecule has 1 nitrogen and oxygen atoms in total. The molecular formula is C14H18BrN. The van der Waals surface area contributed by atoms with Gasteiger partial charge in [-0.25, -0.2) is 0 Å². The lowest BCUT2D eigenvalue weighted by Gasteiger charge is -2.15. The molecule has 2 fully saturated rings. The van der Waals surface area contributed by atoms with Gasteiger partial charge in [0, 0.05) is 10.0 Å². The minimum atomic E-state index is 0.00127. The molecule has 0 radical (unpaired) electrons. The molecule has 2 aliphatic rings. The predicted molar refractivity (Wildman–Crippen MR) is 70.2 cm³/mol. The van der Waals surface area contributed by atoms with Crippen LogP contribution in [-0.4, -0.2) is 0 Å². The lowest BCUT2D eigenvalue weighted by molar-refractivity contribution is 0.480. The maximum Gasteiger partial charge on any atom is 0.0476 e. The van der Waals surface area contributed by atoms with E-state index in [2.05, 4.69) is 41.1 Å². The molecule has 2 aliphatic carbocycles. The average Bonchev–Trinajstić information content (AvgIpc) is 2.86. The fourth-order valence-corrected chi connectivity index (χ4v) is 4.16. The predicted octanol–water partition coefficient (Wildman–Crippen LogP) is 3.73. The van der Waals surface area contributed by atoms with E-state index < -0.39 is 0 Å². The van der Waals surface area contributed by atoms with Crippen LogP contribution in [-0.2, 0) is 5.54 Å². The first-order chi connectivity index (χ1) is 7.64. The van der Waals surface area contributed by atoms with Gasteiger partial charge >= 0.3 is 0 Å². The number of hydrogen-bond donors (Lipinski definition) is 1. The summed E-state index contributed by atoms with van der Waals surface area (Å²) in [5.41, 5.74) is 9.38. The van der Waals surface area contributed by atoms with Crippen LogP contribution in [0.15, 0.2) is 22.7 Å². The fraction of sp³-hybridized carbons (Fsp3) is 0.571. The van der Waals surface area contributed by atoms with Gasteiger partial charge in [-0.3, -0.25) is 0 Å². The van der Waals surface area contributed by atoms with Gasteiger partial charge < -0.3 is 5.73 Å². The molecule has 1 aromatic carbocycles. The largest absolute Gasteiger partial charge is 0.321 e. The summed E-state index contributed by atoms with van der Waals surface area (Å²) in [6.07, 6.45) is 5.40. The van der Waals surface area contributed by atoms with Crippen LogP contribution in [0.5, 0.6) is 0 Å². The summed E-state index contributed by atoms with van der Waals surface area (Å²) in [7, 11) is 0. The van der Waals surface area contributed by atoms with Crippen molar-refractivity contribution in [3.8, 4) is 0 Å². The van der Waals surface area contributed by atoms with Crippen LogP contribution < -0.4 is 5.73 Å². The van der Waals surface area contributed by atoms with E-state index in [0.717, 1.165) is 16.3 Å². The van der Waals surface area contributed by atoms with Crippen molar-refractivity contribution in [2.45, 2.75) is 38.1 Å². The first-order valence-corrected chi connectivity index (χ1v) is 6.99. The molecule has 86 valence electrons. The van der Waals surface area contributed by atoms with Crippen molar-refractivity contribution in [3.63, 3.8) is 0 Å². The second-order valence-corrected chi connectivity index (χ2v) is 6.31. The third kappa shape index (κ3) is 1.39. The van der Waals surface area contributed by atoms with Gasteiger partial charge in [0.05, 0.1) is 0 Å². The van der Waals surface area contributed by atoms with Crippen molar-refractivity contribution in [1.29, 1.82) is 0 Å². The molecular weight excluding hydrogens is 262 g/mol. The number of aryl methyl sites for hydroxylation is 1. The van der Waals surface area contributed by atoms with Gasteiger partial charge in [-0.1, -0.05) is 34.8 Å². The zero-order valence-corrected chi connectivity index (χ0v) is 11.3. The standard InChI is InChI=1S/C14H18BrN/c1-9-8-10(15)6-7-11(9)14(16)12-4-2-3-5-13(12)14/h6-8,12-13H,2-5,16H2,1H3. The molecule has 3 rings (SSSR count). The molecule has 0 spiro atoms. The van der Waals surface area contributed by atoms with E-state index in [9.17, 15) is 0 Å². The lowest BCUT2D eigenvalue weighted by atomic mass is 9.96. The minimum absolute atomic E-state index is 0.00127. The van der Waals surface area contributed by atoms with E-state index >= 15 is 0 Å². The second-order valence-electron chi connectivity index (χ2n) is 5.39. The zero-order chi connectivity index (χ0) is 11.3. The van der Waals surface area contributed by atoms with E-state index in [1.807, 2.05) is 0 Å². The quantitative estimate of drug-likeness (QED) is 0.833. The molecule has 2 heteroatoms. The van der Waals surface area contributed by atoms with Gasteiger partial charge in [-0.05, 0) is 54.9 Å². The highest BCUT2D eigenvalue weighted by atomic mass is 79.9. The average molecular weight is 280 g/mol. The molecule has 2 N–H and O–H groups in total. The third-order valence-electron chi connectivity index (χ3n) is 4.54. The molecule has 0 aromatic heterocycles. The summed E-state index contributed by atoms with van der Waals surface area (Å²) in [4.78, 5) is 0. The van der Waals surface area contributed by atoms with Crippen LogP contribution in [0.4, 0.5) is 0 Å². The Balaban J connectivity index is 1.98. The number of halogens is 1. The minimum Gasteiger partial charge on any atom is -0.321 e. The van der Waals surface area contributed by atoms with Crippen molar-refractivity contribution in [2.24, 2.45) is 17.6 Å². The van der Waals surface area contributed by atoms with Crippen LogP contribution in [0.1, 0.15) is 36.8 Å². The van der Waals surface area contributed by atoms with E-state index in [0.29, 0.717) is 0 Å². The van der Waals surface area contributed by atoms with Gasteiger partial charge in [0.25, 0.3) is 0 Å². The first kappa shape index (κ1) is 10.8. The SMILES string of the molecule is Cc1cc(Br)ccc1C1(N)C2CCCCC21. The van der Waals surface area contributed by atoms with Crippen molar-refractivity contribution in [1.82, 2.24) is 0 Å². The summed E-state index contributed by atoms with van der Waals surface area (Å²) >= 11 is 3.52. The number of hydrogen-bond acceptors (Lipinski definition) is 1. The Bertz CT molecular complexity index is 415. The van der Waals surface area contributed by atoms with E-state index in [4.69, 9.17) is 5.73 Å². The molecule has 2 unspecified atom stereocenters. The summed E-state index contributed by atoms with van der Waals surface area (Å²) in [6, 6.07) is 6.54. The second kappa shape index (κ2) is 3.58. The Morgan fingerprint density at radius 2 is 1.88 bits per heavy atom. The van der Waals surface area contributed by atoms with Crippen LogP contribution in [0.25, 0.3) is 0 Å². The van der Waals surface area contributed by atoms with Crippen LogP contribution in [0.2, 0.25) is 0 Å². The van der Waals surface area contributed by atoms with Gasteiger partial charge in [-0.15, -0.1) is 0 Å². The van der Waals surface area contributed by atoms with Crippen molar-refractivity contribution in [2.75, 3.05) is 0 Å². The van der Waals surface area contributed by atoms with Gasteiger partial charge in [0.2, 0.25) is 0 Å². The van der Waals surface area contributed by atoms with Crippen molar-refractivity contribution in [3.05, 3.63) is 33.8 Å². The molecule has 0 saturated heterocycles. The van der Waals surface area contributed by atoms with E-state index in [1.54, 1.807) is 0 Å². The molecule has 16 heavy (non-hydrogen) atoms. The maximum atomic E-state index is 6.65. The molecule has 0 amide bonds. The number of nitrogens with two attached hydrogens (primary N) is 1. The molecule has 1 aromatic rings. The van der Waals surface area contributed by atoms with E-state index in [-0.39, 0.29) is 5.54 Å². The molecule has 2 atom stereocenters. The fourth-order valence-electron chi connectivity index (χ4n) is 3.68. The van der Waals surface area contributed by atoms with Crippen LogP contribution in [0.3, 0.4) is 0 Å². The summed E-state index contributed by atoms with van der Waals surface area (Å²) in [6.45, 7) is 2.18. The normalized spacial score (nSPS) is 36.9. The monoisotopic (exact) mass is 279 g/mol.